The molecule has 0 saturated carbocycles. The van der Waals surface area contributed by atoms with Crippen LogP contribution in [0.1, 0.15) is 35.4 Å². The molecule has 1 aliphatic heterocycles. The van der Waals surface area contributed by atoms with Gasteiger partial charge in [-0.3, -0.25) is 10.00 Å². The van der Waals surface area contributed by atoms with E-state index in [1.165, 1.54) is 29.0 Å². The summed E-state index contributed by atoms with van der Waals surface area (Å²) in [7, 11) is 1.94. The Kier molecular flexibility index (Phi) is 4.26. The van der Waals surface area contributed by atoms with E-state index in [1.54, 1.807) is 11.3 Å². The third-order valence-electron chi connectivity index (χ3n) is 4.92. The largest absolute Gasteiger partial charge is 0.324 e. The molecular weight excluding hydrogens is 322 g/mol. The number of hydrogen-bond acceptors (Lipinski definition) is 4. The zero-order valence-corrected chi connectivity index (χ0v) is 14.8. The van der Waals surface area contributed by atoms with Crippen LogP contribution in [0.3, 0.4) is 0 Å². The number of thiazole rings is 1. The first-order valence-corrected chi connectivity index (χ1v) is 9.51. The Balaban J connectivity index is 1.33. The number of urea groups is 1. The number of carbonyl (C=O) groups is 1. The van der Waals surface area contributed by atoms with Crippen molar-refractivity contribution >= 4 is 22.5 Å². The lowest BCUT2D eigenvalue weighted by Gasteiger charge is -2.16. The molecule has 0 spiro atoms. The lowest BCUT2D eigenvalue weighted by Crippen LogP contribution is -2.33. The van der Waals surface area contributed by atoms with Gasteiger partial charge in [-0.1, -0.05) is 0 Å². The number of rotatable bonds is 3. The maximum Gasteiger partial charge on any atom is 0.323 e. The molecule has 1 fully saturated rings. The van der Waals surface area contributed by atoms with Gasteiger partial charge in [-0.25, -0.2) is 9.78 Å². The minimum atomic E-state index is -0.00483. The molecule has 1 unspecified atom stereocenters. The molecule has 1 aliphatic carbocycles. The lowest BCUT2D eigenvalue weighted by atomic mass is 10.0. The van der Waals surface area contributed by atoms with Crippen molar-refractivity contribution in [2.75, 3.05) is 18.4 Å². The fourth-order valence-corrected chi connectivity index (χ4v) is 4.71. The zero-order valence-electron chi connectivity index (χ0n) is 14.0. The molecule has 1 saturated heterocycles. The molecule has 2 aliphatic rings. The predicted octanol–water partition coefficient (Wildman–Crippen LogP) is 2.85. The van der Waals surface area contributed by atoms with Gasteiger partial charge in [0.2, 0.25) is 0 Å². The molecule has 6 nitrogen and oxygen atoms in total. The monoisotopic (exact) mass is 345 g/mol. The van der Waals surface area contributed by atoms with Gasteiger partial charge >= 0.3 is 6.03 Å². The van der Waals surface area contributed by atoms with Crippen LogP contribution >= 0.6 is 11.3 Å². The molecule has 2 aromatic heterocycles. The van der Waals surface area contributed by atoms with Crippen LogP contribution in [0.5, 0.6) is 0 Å². The summed E-state index contributed by atoms with van der Waals surface area (Å²) in [6, 6.07) is -0.00483. The number of aromatic nitrogens is 3. The molecule has 2 aromatic rings. The number of nitrogens with one attached hydrogen (secondary N) is 1. The van der Waals surface area contributed by atoms with Crippen LogP contribution in [0.4, 0.5) is 9.93 Å². The van der Waals surface area contributed by atoms with Crippen molar-refractivity contribution in [1.82, 2.24) is 19.7 Å². The smallest absolute Gasteiger partial charge is 0.323 e. The zero-order chi connectivity index (χ0) is 16.5. The van der Waals surface area contributed by atoms with Gasteiger partial charge in [0, 0.05) is 31.2 Å². The highest BCUT2D eigenvalue weighted by atomic mass is 32.1. The SMILES string of the molecule is Cn1cc(CC2CCN(C(=O)Nc3nc4c(s3)CCCC4)C2)cn1. The topological polar surface area (TPSA) is 63.1 Å². The van der Waals surface area contributed by atoms with Crippen LogP contribution in [0.2, 0.25) is 0 Å². The Bertz CT molecular complexity index is 714. The first-order valence-electron chi connectivity index (χ1n) is 8.69. The van der Waals surface area contributed by atoms with E-state index in [2.05, 4.69) is 21.6 Å². The Hall–Kier alpha value is -1.89. The number of amides is 2. The molecular formula is C17H23N5OS. The minimum absolute atomic E-state index is 0.00483. The Morgan fingerprint density at radius 1 is 1.42 bits per heavy atom. The molecule has 4 rings (SSSR count). The molecule has 24 heavy (non-hydrogen) atoms. The van der Waals surface area contributed by atoms with E-state index < -0.39 is 0 Å². The Morgan fingerprint density at radius 3 is 3.08 bits per heavy atom. The van der Waals surface area contributed by atoms with Crippen molar-refractivity contribution in [3.8, 4) is 0 Å². The van der Waals surface area contributed by atoms with Crippen molar-refractivity contribution in [2.24, 2.45) is 13.0 Å². The highest BCUT2D eigenvalue weighted by Gasteiger charge is 2.27. The van der Waals surface area contributed by atoms with Crippen LogP contribution in [0.25, 0.3) is 0 Å². The van der Waals surface area contributed by atoms with E-state index in [0.29, 0.717) is 5.92 Å². The first-order chi connectivity index (χ1) is 11.7. The standard InChI is InChI=1S/C17H23N5OS/c1-21-10-13(9-18-21)8-12-6-7-22(11-12)17(23)20-16-19-14-4-2-3-5-15(14)24-16/h9-10,12H,2-8,11H2,1H3,(H,19,20,23). The Morgan fingerprint density at radius 2 is 2.29 bits per heavy atom. The highest BCUT2D eigenvalue weighted by Crippen LogP contribution is 2.30. The van der Waals surface area contributed by atoms with Crippen molar-refractivity contribution in [3.63, 3.8) is 0 Å². The van der Waals surface area contributed by atoms with Gasteiger partial charge in [0.1, 0.15) is 0 Å². The average Bonchev–Trinajstić information content (AvgIpc) is 3.27. The van der Waals surface area contributed by atoms with Crippen LogP contribution in [-0.2, 0) is 26.3 Å². The number of carbonyl (C=O) groups excluding carboxylic acids is 1. The molecule has 0 aromatic carbocycles. The second-order valence-corrected chi connectivity index (χ2v) is 7.94. The van der Waals surface area contributed by atoms with E-state index in [-0.39, 0.29) is 6.03 Å². The van der Waals surface area contributed by atoms with E-state index >= 15 is 0 Å². The number of nitrogens with zero attached hydrogens (tertiary/aromatic N) is 4. The molecule has 3 heterocycles. The second-order valence-electron chi connectivity index (χ2n) is 6.85. The Labute approximate surface area is 145 Å². The molecule has 0 bridgehead atoms. The van der Waals surface area contributed by atoms with E-state index in [0.717, 1.165) is 43.9 Å². The van der Waals surface area contributed by atoms with E-state index in [4.69, 9.17) is 0 Å². The van der Waals surface area contributed by atoms with Crippen LogP contribution in [-0.4, -0.2) is 38.8 Å². The van der Waals surface area contributed by atoms with Gasteiger partial charge in [-0.2, -0.15) is 5.10 Å². The maximum atomic E-state index is 12.5. The highest BCUT2D eigenvalue weighted by molar-refractivity contribution is 7.15. The maximum absolute atomic E-state index is 12.5. The van der Waals surface area contributed by atoms with Gasteiger partial charge < -0.3 is 4.90 Å². The van der Waals surface area contributed by atoms with Gasteiger partial charge in [-0.15, -0.1) is 11.3 Å². The summed E-state index contributed by atoms with van der Waals surface area (Å²) in [5.74, 6) is 0.518. The lowest BCUT2D eigenvalue weighted by molar-refractivity contribution is 0.221. The van der Waals surface area contributed by atoms with Crippen LogP contribution in [0, 0.1) is 5.92 Å². The van der Waals surface area contributed by atoms with Crippen molar-refractivity contribution in [1.29, 1.82) is 0 Å². The minimum Gasteiger partial charge on any atom is -0.324 e. The molecule has 0 radical (unpaired) electrons. The third kappa shape index (κ3) is 3.31. The fraction of sp³-hybridized carbons (Fsp3) is 0.588. The van der Waals surface area contributed by atoms with Crippen molar-refractivity contribution in [3.05, 3.63) is 28.5 Å². The molecule has 1 atom stereocenters. The van der Waals surface area contributed by atoms with Gasteiger partial charge in [-0.05, 0) is 50.0 Å². The second kappa shape index (κ2) is 6.55. The van der Waals surface area contributed by atoms with Crippen molar-refractivity contribution < 1.29 is 4.79 Å². The summed E-state index contributed by atoms with van der Waals surface area (Å²) in [4.78, 5) is 20.4. The fourth-order valence-electron chi connectivity index (χ4n) is 3.67. The molecule has 2 amide bonds. The van der Waals surface area contributed by atoms with Gasteiger partial charge in [0.05, 0.1) is 11.9 Å². The number of fused-ring (bicyclic) bond motifs is 1. The predicted molar refractivity (Wildman–Crippen MR) is 94.4 cm³/mol. The summed E-state index contributed by atoms with van der Waals surface area (Å²) < 4.78 is 1.83. The molecule has 7 heteroatoms. The van der Waals surface area contributed by atoms with E-state index in [9.17, 15) is 4.79 Å². The molecule has 1 N–H and O–H groups in total. The quantitative estimate of drug-likeness (QED) is 0.930. The van der Waals surface area contributed by atoms with Gasteiger partial charge in [0.25, 0.3) is 0 Å². The number of anilines is 1. The summed E-state index contributed by atoms with van der Waals surface area (Å²) in [6.45, 7) is 1.63. The van der Waals surface area contributed by atoms with Crippen LogP contribution in [0.15, 0.2) is 12.4 Å². The number of aryl methyl sites for hydroxylation is 3. The summed E-state index contributed by atoms with van der Waals surface area (Å²) in [5.41, 5.74) is 2.44. The van der Waals surface area contributed by atoms with E-state index in [1.807, 2.05) is 22.8 Å². The van der Waals surface area contributed by atoms with Crippen molar-refractivity contribution in [2.45, 2.75) is 38.5 Å². The third-order valence-corrected chi connectivity index (χ3v) is 5.99. The van der Waals surface area contributed by atoms with Gasteiger partial charge in [0.15, 0.2) is 5.13 Å². The summed E-state index contributed by atoms with van der Waals surface area (Å²) in [6.07, 6.45) is 10.6. The normalized spacial score (nSPS) is 20.2. The molecule has 128 valence electrons. The number of hydrogen-bond donors (Lipinski definition) is 1. The average molecular weight is 345 g/mol. The number of likely N-dealkylation sites (tertiary alicyclic amines) is 1. The summed E-state index contributed by atoms with van der Waals surface area (Å²) in [5, 5.41) is 7.99. The summed E-state index contributed by atoms with van der Waals surface area (Å²) >= 11 is 1.65. The first kappa shape index (κ1) is 15.6. The van der Waals surface area contributed by atoms with Crippen LogP contribution < -0.4 is 5.32 Å².